The molecule has 0 saturated heterocycles. The van der Waals surface area contributed by atoms with Gasteiger partial charge in [0.1, 0.15) is 5.75 Å². The Hall–Kier alpha value is -3.68. The number of para-hydroxylation sites is 1. The van der Waals surface area contributed by atoms with Crippen LogP contribution in [0.5, 0.6) is 5.75 Å². The molecule has 7 heteroatoms. The summed E-state index contributed by atoms with van der Waals surface area (Å²) in [4.78, 5) is 29.7. The number of benzene rings is 3. The molecule has 178 valence electrons. The van der Waals surface area contributed by atoms with Crippen LogP contribution in [0.3, 0.4) is 0 Å². The maximum atomic E-state index is 13.3. The zero-order chi connectivity index (χ0) is 24.5. The molecule has 0 unspecified atom stereocenters. The standard InChI is InChI=1S/C27H31N3O4/c1-29(2)19-30(24-11-6-5-7-12-24)27(32)22-10-8-9-20(15-22)17-28-26(31)21-13-14-25(34-4)23(16-21)18-33-3/h5-16H,17-19H2,1-4H3,(H,28,31). The zero-order valence-corrected chi connectivity index (χ0v) is 20.1. The average Bonchev–Trinajstić information content (AvgIpc) is 2.86. The van der Waals surface area contributed by atoms with Crippen molar-refractivity contribution in [1.82, 2.24) is 10.2 Å². The molecule has 3 rings (SSSR count). The Morgan fingerprint density at radius 2 is 1.65 bits per heavy atom. The van der Waals surface area contributed by atoms with Crippen molar-refractivity contribution in [3.63, 3.8) is 0 Å². The second-order valence-electron chi connectivity index (χ2n) is 8.13. The Kier molecular flexibility index (Phi) is 8.79. The average molecular weight is 462 g/mol. The van der Waals surface area contributed by atoms with E-state index < -0.39 is 0 Å². The minimum Gasteiger partial charge on any atom is -0.496 e. The lowest BCUT2D eigenvalue weighted by Gasteiger charge is -2.26. The molecule has 0 aliphatic carbocycles. The summed E-state index contributed by atoms with van der Waals surface area (Å²) in [5.74, 6) is 0.355. The smallest absolute Gasteiger partial charge is 0.259 e. The Labute approximate surface area is 200 Å². The summed E-state index contributed by atoms with van der Waals surface area (Å²) in [6, 6.07) is 22.1. The third kappa shape index (κ3) is 6.43. The second kappa shape index (κ2) is 12.0. The van der Waals surface area contributed by atoms with Gasteiger partial charge in [-0.2, -0.15) is 0 Å². The van der Waals surface area contributed by atoms with Crippen LogP contribution >= 0.6 is 0 Å². The summed E-state index contributed by atoms with van der Waals surface area (Å²) in [6.45, 7) is 1.09. The molecule has 0 aliphatic heterocycles. The molecule has 7 nitrogen and oxygen atoms in total. The second-order valence-corrected chi connectivity index (χ2v) is 8.13. The zero-order valence-electron chi connectivity index (χ0n) is 20.1. The van der Waals surface area contributed by atoms with E-state index in [0.717, 1.165) is 16.8 Å². The Morgan fingerprint density at radius 1 is 0.882 bits per heavy atom. The third-order valence-corrected chi connectivity index (χ3v) is 5.21. The van der Waals surface area contributed by atoms with E-state index in [1.807, 2.05) is 67.5 Å². The summed E-state index contributed by atoms with van der Waals surface area (Å²) in [7, 11) is 7.02. The summed E-state index contributed by atoms with van der Waals surface area (Å²) in [5.41, 5.74) is 3.53. The topological polar surface area (TPSA) is 71.1 Å². The number of methoxy groups -OCH3 is 2. The Bertz CT molecular complexity index is 1120. The van der Waals surface area contributed by atoms with Gasteiger partial charge in [0.15, 0.2) is 0 Å². The minimum atomic E-state index is -0.213. The Morgan fingerprint density at radius 3 is 2.32 bits per heavy atom. The molecule has 0 aliphatic rings. The fourth-order valence-corrected chi connectivity index (χ4v) is 3.60. The lowest BCUT2D eigenvalue weighted by atomic mass is 10.1. The normalized spacial score (nSPS) is 10.7. The number of nitrogens with zero attached hydrogens (tertiary/aromatic N) is 2. The number of nitrogens with one attached hydrogen (secondary N) is 1. The van der Waals surface area contributed by atoms with Crippen molar-refractivity contribution < 1.29 is 19.1 Å². The van der Waals surface area contributed by atoms with Crippen LogP contribution in [0.15, 0.2) is 72.8 Å². The van der Waals surface area contributed by atoms with Gasteiger partial charge < -0.3 is 14.8 Å². The van der Waals surface area contributed by atoms with Crippen LogP contribution in [0.2, 0.25) is 0 Å². The van der Waals surface area contributed by atoms with E-state index >= 15 is 0 Å². The maximum absolute atomic E-state index is 13.3. The molecule has 0 aromatic heterocycles. The van der Waals surface area contributed by atoms with Crippen LogP contribution in [0.1, 0.15) is 31.8 Å². The van der Waals surface area contributed by atoms with Crippen molar-refractivity contribution in [1.29, 1.82) is 0 Å². The van der Waals surface area contributed by atoms with Crippen molar-refractivity contribution in [3.8, 4) is 5.75 Å². The lowest BCUT2D eigenvalue weighted by Crippen LogP contribution is -2.38. The predicted molar refractivity (Wildman–Crippen MR) is 133 cm³/mol. The van der Waals surface area contributed by atoms with Crippen LogP contribution in [-0.4, -0.2) is 51.7 Å². The van der Waals surface area contributed by atoms with E-state index in [-0.39, 0.29) is 11.8 Å². The highest BCUT2D eigenvalue weighted by atomic mass is 16.5. The van der Waals surface area contributed by atoms with Crippen molar-refractivity contribution in [2.24, 2.45) is 0 Å². The quantitative estimate of drug-likeness (QED) is 0.463. The summed E-state index contributed by atoms with van der Waals surface area (Å²) >= 11 is 0. The lowest BCUT2D eigenvalue weighted by molar-refractivity contribution is 0.0949. The van der Waals surface area contributed by atoms with Crippen molar-refractivity contribution >= 4 is 17.5 Å². The number of rotatable bonds is 10. The van der Waals surface area contributed by atoms with Gasteiger partial charge in [0.05, 0.1) is 20.4 Å². The fourth-order valence-electron chi connectivity index (χ4n) is 3.60. The highest BCUT2D eigenvalue weighted by Gasteiger charge is 2.19. The van der Waals surface area contributed by atoms with Crippen LogP contribution in [0.4, 0.5) is 5.69 Å². The molecule has 0 atom stereocenters. The number of anilines is 1. The number of hydrogen-bond acceptors (Lipinski definition) is 5. The van der Waals surface area contributed by atoms with Gasteiger partial charge in [-0.05, 0) is 62.1 Å². The van der Waals surface area contributed by atoms with Gasteiger partial charge in [-0.3, -0.25) is 19.4 Å². The highest BCUT2D eigenvalue weighted by Crippen LogP contribution is 2.21. The molecule has 3 aromatic carbocycles. The van der Waals surface area contributed by atoms with Crippen LogP contribution in [-0.2, 0) is 17.9 Å². The fraction of sp³-hybridized carbons (Fsp3) is 0.259. The molecule has 34 heavy (non-hydrogen) atoms. The monoisotopic (exact) mass is 461 g/mol. The molecule has 0 heterocycles. The number of amides is 2. The van der Waals surface area contributed by atoms with E-state index in [1.54, 1.807) is 43.4 Å². The van der Waals surface area contributed by atoms with E-state index in [9.17, 15) is 9.59 Å². The number of carbonyl (C=O) groups excluding carboxylic acids is 2. The van der Waals surface area contributed by atoms with Gasteiger partial charge in [-0.15, -0.1) is 0 Å². The minimum absolute atomic E-state index is 0.104. The first-order valence-electron chi connectivity index (χ1n) is 11.0. The number of carbonyl (C=O) groups is 2. The Balaban J connectivity index is 1.73. The van der Waals surface area contributed by atoms with Gasteiger partial charge >= 0.3 is 0 Å². The van der Waals surface area contributed by atoms with Gasteiger partial charge in [0, 0.05) is 36.0 Å². The first-order valence-corrected chi connectivity index (χ1v) is 11.0. The van der Waals surface area contributed by atoms with E-state index in [1.165, 1.54) is 0 Å². The first kappa shape index (κ1) is 25.0. The van der Waals surface area contributed by atoms with Crippen LogP contribution in [0, 0.1) is 0 Å². The number of ether oxygens (including phenoxy) is 2. The molecule has 0 fully saturated rings. The van der Waals surface area contributed by atoms with Crippen molar-refractivity contribution in [3.05, 3.63) is 95.1 Å². The van der Waals surface area contributed by atoms with Gasteiger partial charge in [0.25, 0.3) is 11.8 Å². The maximum Gasteiger partial charge on any atom is 0.259 e. The molecule has 0 saturated carbocycles. The first-order chi connectivity index (χ1) is 16.4. The van der Waals surface area contributed by atoms with Crippen molar-refractivity contribution in [2.75, 3.05) is 39.9 Å². The van der Waals surface area contributed by atoms with Crippen LogP contribution in [0.25, 0.3) is 0 Å². The predicted octanol–water partition coefficient (Wildman–Crippen LogP) is 3.94. The van der Waals surface area contributed by atoms with E-state index in [2.05, 4.69) is 5.32 Å². The van der Waals surface area contributed by atoms with E-state index in [4.69, 9.17) is 9.47 Å². The molecular formula is C27H31N3O4. The van der Waals surface area contributed by atoms with Gasteiger partial charge in [-0.25, -0.2) is 0 Å². The molecule has 0 radical (unpaired) electrons. The molecule has 1 N–H and O–H groups in total. The van der Waals surface area contributed by atoms with E-state index in [0.29, 0.717) is 36.7 Å². The van der Waals surface area contributed by atoms with Gasteiger partial charge in [-0.1, -0.05) is 30.3 Å². The molecule has 0 bridgehead atoms. The summed E-state index contributed by atoms with van der Waals surface area (Å²) < 4.78 is 10.5. The van der Waals surface area contributed by atoms with Crippen LogP contribution < -0.4 is 15.0 Å². The highest BCUT2D eigenvalue weighted by molar-refractivity contribution is 6.06. The molecule has 0 spiro atoms. The van der Waals surface area contributed by atoms with Gasteiger partial charge in [0.2, 0.25) is 0 Å². The molecular weight excluding hydrogens is 430 g/mol. The third-order valence-electron chi connectivity index (χ3n) is 5.21. The molecule has 3 aromatic rings. The summed E-state index contributed by atoms with van der Waals surface area (Å²) in [5, 5.41) is 2.93. The summed E-state index contributed by atoms with van der Waals surface area (Å²) in [6.07, 6.45) is 0. The SMILES string of the molecule is COCc1cc(C(=O)NCc2cccc(C(=O)N(CN(C)C)c3ccccc3)c2)ccc1OC. The van der Waals surface area contributed by atoms with Crippen molar-refractivity contribution in [2.45, 2.75) is 13.2 Å². The molecule has 2 amide bonds. The largest absolute Gasteiger partial charge is 0.496 e. The number of hydrogen-bond donors (Lipinski definition) is 1.